The van der Waals surface area contributed by atoms with Crippen LogP contribution in [0.4, 0.5) is 0 Å². The van der Waals surface area contributed by atoms with Gasteiger partial charge in [0.25, 0.3) is 11.8 Å². The fourth-order valence-electron chi connectivity index (χ4n) is 2.31. The standard InChI is InChI=1S/C15H7Cl4NO2/c16-10-8-9(11(17)13(19)12(10)18)15(22)20(14(8)21)6-7-4-2-1-3-5-7/h1-5H,6H2. The van der Waals surface area contributed by atoms with Crippen molar-refractivity contribution in [2.24, 2.45) is 0 Å². The van der Waals surface area contributed by atoms with Gasteiger partial charge in [0.05, 0.1) is 37.8 Å². The van der Waals surface area contributed by atoms with Crippen molar-refractivity contribution in [1.82, 2.24) is 4.90 Å². The Balaban J connectivity index is 2.10. The van der Waals surface area contributed by atoms with Crippen molar-refractivity contribution < 1.29 is 9.59 Å². The highest BCUT2D eigenvalue weighted by Gasteiger charge is 2.41. The first-order valence-corrected chi connectivity index (χ1v) is 7.70. The molecule has 0 spiro atoms. The third-order valence-electron chi connectivity index (χ3n) is 3.37. The van der Waals surface area contributed by atoms with Gasteiger partial charge in [-0.25, -0.2) is 0 Å². The van der Waals surface area contributed by atoms with Crippen LogP contribution in [0.5, 0.6) is 0 Å². The molecule has 2 aromatic carbocycles. The number of fused-ring (bicyclic) bond motifs is 1. The van der Waals surface area contributed by atoms with Crippen LogP contribution >= 0.6 is 46.4 Å². The minimum absolute atomic E-state index is 0.00185. The average molecular weight is 375 g/mol. The Morgan fingerprint density at radius 2 is 1.18 bits per heavy atom. The summed E-state index contributed by atoms with van der Waals surface area (Å²) in [7, 11) is 0. The van der Waals surface area contributed by atoms with Crippen molar-refractivity contribution in [2.45, 2.75) is 6.54 Å². The van der Waals surface area contributed by atoms with Crippen LogP contribution in [0.3, 0.4) is 0 Å². The maximum absolute atomic E-state index is 12.5. The maximum atomic E-state index is 12.5. The lowest BCUT2D eigenvalue weighted by Gasteiger charge is -2.13. The van der Waals surface area contributed by atoms with Crippen LogP contribution in [0, 0.1) is 0 Å². The zero-order valence-corrected chi connectivity index (χ0v) is 13.9. The molecule has 0 unspecified atom stereocenters. The molecule has 0 aromatic heterocycles. The third kappa shape index (κ3) is 2.29. The van der Waals surface area contributed by atoms with E-state index in [4.69, 9.17) is 46.4 Å². The Bertz CT molecular complexity index is 758. The van der Waals surface area contributed by atoms with Gasteiger partial charge in [-0.2, -0.15) is 0 Å². The largest absolute Gasteiger partial charge is 0.270 e. The van der Waals surface area contributed by atoms with E-state index in [1.165, 1.54) is 0 Å². The highest BCUT2D eigenvalue weighted by molar-refractivity contribution is 6.55. The van der Waals surface area contributed by atoms with E-state index in [-0.39, 0.29) is 37.8 Å². The number of amides is 2. The first-order chi connectivity index (χ1) is 10.4. The van der Waals surface area contributed by atoms with E-state index in [0.717, 1.165) is 10.5 Å². The first kappa shape index (κ1) is 15.6. The van der Waals surface area contributed by atoms with Crippen molar-refractivity contribution in [2.75, 3.05) is 0 Å². The maximum Gasteiger partial charge on any atom is 0.263 e. The Morgan fingerprint density at radius 3 is 1.64 bits per heavy atom. The number of benzene rings is 2. The third-order valence-corrected chi connectivity index (χ3v) is 5.17. The monoisotopic (exact) mass is 373 g/mol. The molecule has 3 rings (SSSR count). The van der Waals surface area contributed by atoms with Crippen LogP contribution < -0.4 is 0 Å². The van der Waals surface area contributed by atoms with E-state index in [1.807, 2.05) is 30.3 Å². The number of imide groups is 1. The number of halogens is 4. The summed E-state index contributed by atoms with van der Waals surface area (Å²) >= 11 is 24.1. The summed E-state index contributed by atoms with van der Waals surface area (Å²) in [4.78, 5) is 26.1. The summed E-state index contributed by atoms with van der Waals surface area (Å²) in [5, 5.41) is -0.176. The molecule has 112 valence electrons. The predicted octanol–water partition coefficient (Wildman–Crippen LogP) is 5.10. The van der Waals surface area contributed by atoms with Gasteiger partial charge in [-0.15, -0.1) is 0 Å². The van der Waals surface area contributed by atoms with Crippen LogP contribution in [0.1, 0.15) is 26.3 Å². The molecule has 0 radical (unpaired) electrons. The van der Waals surface area contributed by atoms with Crippen LogP contribution in [0.25, 0.3) is 0 Å². The molecule has 0 atom stereocenters. The summed E-state index contributed by atoms with van der Waals surface area (Å²) in [5.41, 5.74) is 0.811. The molecule has 0 bridgehead atoms. The van der Waals surface area contributed by atoms with E-state index in [2.05, 4.69) is 0 Å². The van der Waals surface area contributed by atoms with Crippen molar-refractivity contribution in [3.8, 4) is 0 Å². The van der Waals surface area contributed by atoms with Gasteiger partial charge in [0.1, 0.15) is 0 Å². The minimum atomic E-state index is -0.533. The van der Waals surface area contributed by atoms with Gasteiger partial charge >= 0.3 is 0 Å². The van der Waals surface area contributed by atoms with Crippen LogP contribution in [0.15, 0.2) is 30.3 Å². The molecule has 1 heterocycles. The minimum Gasteiger partial charge on any atom is -0.270 e. The number of rotatable bonds is 2. The van der Waals surface area contributed by atoms with E-state index in [1.54, 1.807) is 0 Å². The Kier molecular flexibility index (Phi) is 4.08. The molecule has 1 aliphatic rings. The molecule has 0 N–H and O–H groups in total. The van der Waals surface area contributed by atoms with Crippen molar-refractivity contribution in [3.05, 3.63) is 67.1 Å². The Hall–Kier alpha value is -1.26. The molecule has 0 saturated heterocycles. The van der Waals surface area contributed by atoms with Gasteiger partial charge in [-0.3, -0.25) is 14.5 Å². The zero-order chi connectivity index (χ0) is 16.0. The molecule has 22 heavy (non-hydrogen) atoms. The van der Waals surface area contributed by atoms with Crippen LogP contribution in [-0.2, 0) is 6.54 Å². The summed E-state index contributed by atoms with van der Waals surface area (Å²) in [5.74, 6) is -1.07. The molecule has 0 fully saturated rings. The fourth-order valence-corrected chi connectivity index (χ4v) is 3.32. The van der Waals surface area contributed by atoms with Crippen molar-refractivity contribution in [3.63, 3.8) is 0 Å². The summed E-state index contributed by atoms with van der Waals surface area (Å²) in [6, 6.07) is 9.11. The summed E-state index contributed by atoms with van der Waals surface area (Å²) in [6.07, 6.45) is 0. The number of carbonyl (C=O) groups excluding carboxylic acids is 2. The van der Waals surface area contributed by atoms with E-state index in [9.17, 15) is 9.59 Å². The second-order valence-electron chi connectivity index (χ2n) is 4.69. The molecule has 3 nitrogen and oxygen atoms in total. The van der Waals surface area contributed by atoms with Crippen LogP contribution in [0.2, 0.25) is 20.1 Å². The second kappa shape index (κ2) is 5.74. The second-order valence-corrected chi connectivity index (χ2v) is 6.20. The van der Waals surface area contributed by atoms with Crippen molar-refractivity contribution >= 4 is 58.2 Å². The first-order valence-electron chi connectivity index (χ1n) is 6.19. The number of carbonyl (C=O) groups is 2. The lowest BCUT2D eigenvalue weighted by atomic mass is 10.1. The Labute approximate surface area is 146 Å². The highest BCUT2D eigenvalue weighted by atomic mass is 35.5. The lowest BCUT2D eigenvalue weighted by molar-refractivity contribution is 0.0642. The van der Waals surface area contributed by atoms with E-state index < -0.39 is 11.8 Å². The number of nitrogens with zero attached hydrogens (tertiary/aromatic N) is 1. The normalized spacial score (nSPS) is 13.7. The summed E-state index contributed by atoms with van der Waals surface area (Å²) in [6.45, 7) is 0.120. The van der Waals surface area contributed by atoms with Gasteiger partial charge in [0.2, 0.25) is 0 Å². The average Bonchev–Trinajstić information content (AvgIpc) is 2.76. The van der Waals surface area contributed by atoms with Gasteiger partial charge in [0, 0.05) is 0 Å². The van der Waals surface area contributed by atoms with Crippen LogP contribution in [-0.4, -0.2) is 16.7 Å². The Morgan fingerprint density at radius 1 is 0.727 bits per heavy atom. The molecular formula is C15H7Cl4NO2. The van der Waals surface area contributed by atoms with Gasteiger partial charge < -0.3 is 0 Å². The highest BCUT2D eigenvalue weighted by Crippen LogP contribution is 2.45. The topological polar surface area (TPSA) is 37.4 Å². The molecule has 0 saturated carbocycles. The number of hydrogen-bond acceptors (Lipinski definition) is 2. The van der Waals surface area contributed by atoms with Gasteiger partial charge in [-0.05, 0) is 5.56 Å². The molecule has 2 amide bonds. The molecule has 1 aliphatic heterocycles. The molecule has 7 heteroatoms. The molecule has 2 aromatic rings. The molecule has 0 aliphatic carbocycles. The van der Waals surface area contributed by atoms with Gasteiger partial charge in [-0.1, -0.05) is 76.7 Å². The predicted molar refractivity (Wildman–Crippen MR) is 87.1 cm³/mol. The van der Waals surface area contributed by atoms with E-state index >= 15 is 0 Å². The SMILES string of the molecule is O=C1c2c(Cl)c(Cl)c(Cl)c(Cl)c2C(=O)N1Cc1ccccc1. The molecular weight excluding hydrogens is 368 g/mol. The number of hydrogen-bond donors (Lipinski definition) is 0. The van der Waals surface area contributed by atoms with Crippen molar-refractivity contribution in [1.29, 1.82) is 0 Å². The zero-order valence-electron chi connectivity index (χ0n) is 10.9. The quantitative estimate of drug-likeness (QED) is 0.416. The van der Waals surface area contributed by atoms with E-state index in [0.29, 0.717) is 0 Å². The fraction of sp³-hybridized carbons (Fsp3) is 0.0667. The lowest BCUT2D eigenvalue weighted by Crippen LogP contribution is -2.29. The van der Waals surface area contributed by atoms with Gasteiger partial charge in [0.15, 0.2) is 0 Å². The summed E-state index contributed by atoms with van der Waals surface area (Å²) < 4.78 is 0. The smallest absolute Gasteiger partial charge is 0.263 e.